The van der Waals surface area contributed by atoms with Crippen LogP contribution in [0.25, 0.3) is 10.9 Å². The van der Waals surface area contributed by atoms with Crippen molar-refractivity contribution in [3.8, 4) is 0 Å². The first kappa shape index (κ1) is 14.4. The number of hydrogen-bond acceptors (Lipinski definition) is 4. The van der Waals surface area contributed by atoms with Crippen LogP contribution in [-0.2, 0) is 6.54 Å². The maximum atomic E-state index is 6.22. The summed E-state index contributed by atoms with van der Waals surface area (Å²) in [4.78, 5) is 10.1. The zero-order valence-corrected chi connectivity index (χ0v) is 13.5. The number of hydrogen-bond donors (Lipinski definition) is 1. The highest BCUT2D eigenvalue weighted by Gasteiger charge is 2.11. The molecule has 1 aromatic carbocycles. The predicted molar refractivity (Wildman–Crippen MR) is 88.9 cm³/mol. The summed E-state index contributed by atoms with van der Waals surface area (Å²) in [5, 5.41) is 6.35. The molecule has 21 heavy (non-hydrogen) atoms. The Hall–Kier alpha value is -1.49. The van der Waals surface area contributed by atoms with Crippen molar-refractivity contribution in [2.45, 2.75) is 26.4 Å². The SMILES string of the molecule is Cc1cnc(C(C)NCc2ccc(Cl)c3cccnc23)s1. The molecular formula is C16H16ClN3S. The molecule has 0 spiro atoms. The van der Waals surface area contributed by atoms with E-state index in [0.717, 1.165) is 33.0 Å². The van der Waals surface area contributed by atoms with Crippen LogP contribution in [0, 0.1) is 6.92 Å². The van der Waals surface area contributed by atoms with Crippen LogP contribution in [0.15, 0.2) is 36.7 Å². The topological polar surface area (TPSA) is 37.8 Å². The monoisotopic (exact) mass is 317 g/mol. The Morgan fingerprint density at radius 1 is 1.29 bits per heavy atom. The number of nitrogens with zero attached hydrogens (tertiary/aromatic N) is 2. The molecule has 0 aliphatic rings. The fourth-order valence-electron chi connectivity index (χ4n) is 2.26. The van der Waals surface area contributed by atoms with Crippen LogP contribution in [0.4, 0.5) is 0 Å². The van der Waals surface area contributed by atoms with E-state index in [2.05, 4.69) is 29.1 Å². The fraction of sp³-hybridized carbons (Fsp3) is 0.250. The molecule has 1 atom stereocenters. The first-order valence-corrected chi connectivity index (χ1v) is 8.02. The lowest BCUT2D eigenvalue weighted by Gasteiger charge is -2.13. The second-order valence-corrected chi connectivity index (χ2v) is 6.69. The van der Waals surface area contributed by atoms with Crippen molar-refractivity contribution in [3.63, 3.8) is 0 Å². The minimum Gasteiger partial charge on any atom is -0.304 e. The van der Waals surface area contributed by atoms with Gasteiger partial charge in [0.2, 0.25) is 0 Å². The number of pyridine rings is 1. The molecule has 0 saturated carbocycles. The van der Waals surface area contributed by atoms with Crippen molar-refractivity contribution in [3.05, 3.63) is 57.1 Å². The molecule has 0 aliphatic heterocycles. The molecule has 0 amide bonds. The van der Waals surface area contributed by atoms with Gasteiger partial charge in [-0.05, 0) is 37.6 Å². The first-order valence-electron chi connectivity index (χ1n) is 6.83. The number of nitrogens with one attached hydrogen (secondary N) is 1. The van der Waals surface area contributed by atoms with Gasteiger partial charge < -0.3 is 5.32 Å². The van der Waals surface area contributed by atoms with E-state index in [0.29, 0.717) is 0 Å². The van der Waals surface area contributed by atoms with Crippen LogP contribution in [0.3, 0.4) is 0 Å². The maximum Gasteiger partial charge on any atom is 0.109 e. The van der Waals surface area contributed by atoms with Crippen LogP contribution in [0.2, 0.25) is 5.02 Å². The van der Waals surface area contributed by atoms with Crippen LogP contribution < -0.4 is 5.32 Å². The quantitative estimate of drug-likeness (QED) is 0.769. The number of rotatable bonds is 4. The Morgan fingerprint density at radius 2 is 2.14 bits per heavy atom. The third-order valence-electron chi connectivity index (χ3n) is 3.41. The molecule has 2 heterocycles. The van der Waals surface area contributed by atoms with Crippen molar-refractivity contribution < 1.29 is 0 Å². The summed E-state index contributed by atoms with van der Waals surface area (Å²) < 4.78 is 0. The van der Waals surface area contributed by atoms with Crippen LogP contribution in [0.5, 0.6) is 0 Å². The summed E-state index contributed by atoms with van der Waals surface area (Å²) in [6, 6.07) is 8.09. The molecule has 1 unspecified atom stereocenters. The molecule has 0 fully saturated rings. The van der Waals surface area contributed by atoms with Gasteiger partial charge in [0.1, 0.15) is 5.01 Å². The second-order valence-electron chi connectivity index (χ2n) is 5.02. The van der Waals surface area contributed by atoms with Crippen molar-refractivity contribution in [2.75, 3.05) is 0 Å². The minimum absolute atomic E-state index is 0.221. The Morgan fingerprint density at radius 3 is 2.90 bits per heavy atom. The lowest BCUT2D eigenvalue weighted by Crippen LogP contribution is -2.18. The first-order chi connectivity index (χ1) is 10.1. The third-order valence-corrected chi connectivity index (χ3v) is 4.83. The molecule has 5 heteroatoms. The molecular weight excluding hydrogens is 302 g/mol. The molecule has 0 radical (unpaired) electrons. The standard InChI is InChI=1S/C16H16ClN3S/c1-10-8-20-16(21-10)11(2)19-9-12-5-6-14(17)13-4-3-7-18-15(12)13/h3-8,11,19H,9H2,1-2H3. The Bertz CT molecular complexity index is 769. The van der Waals surface area contributed by atoms with Gasteiger partial charge in [-0.2, -0.15) is 0 Å². The highest BCUT2D eigenvalue weighted by atomic mass is 35.5. The second kappa shape index (κ2) is 6.10. The zero-order valence-electron chi connectivity index (χ0n) is 11.9. The predicted octanol–water partition coefficient (Wildman–Crippen LogP) is 4.50. The van der Waals surface area contributed by atoms with Gasteiger partial charge in [0.05, 0.1) is 11.6 Å². The summed E-state index contributed by atoms with van der Waals surface area (Å²) in [6.07, 6.45) is 3.72. The largest absolute Gasteiger partial charge is 0.304 e. The van der Waals surface area contributed by atoms with Gasteiger partial charge in [0.15, 0.2) is 0 Å². The van der Waals surface area contributed by atoms with Gasteiger partial charge in [0, 0.05) is 34.2 Å². The molecule has 108 valence electrons. The summed E-state index contributed by atoms with van der Waals surface area (Å²) in [7, 11) is 0. The minimum atomic E-state index is 0.221. The van der Waals surface area contributed by atoms with Crippen molar-refractivity contribution in [1.82, 2.24) is 15.3 Å². The van der Waals surface area contributed by atoms with E-state index in [1.54, 1.807) is 17.5 Å². The van der Waals surface area contributed by atoms with Gasteiger partial charge in [0.25, 0.3) is 0 Å². The number of benzene rings is 1. The third kappa shape index (κ3) is 3.07. The number of aryl methyl sites for hydroxylation is 1. The molecule has 1 N–H and O–H groups in total. The van der Waals surface area contributed by atoms with Crippen LogP contribution in [0.1, 0.15) is 28.4 Å². The van der Waals surface area contributed by atoms with E-state index in [1.165, 1.54) is 4.88 Å². The molecule has 3 nitrogen and oxygen atoms in total. The lowest BCUT2D eigenvalue weighted by molar-refractivity contribution is 0.573. The molecule has 0 saturated heterocycles. The summed E-state index contributed by atoms with van der Waals surface area (Å²) in [5.74, 6) is 0. The maximum absolute atomic E-state index is 6.22. The van der Waals surface area contributed by atoms with E-state index in [9.17, 15) is 0 Å². The van der Waals surface area contributed by atoms with Gasteiger partial charge in [-0.3, -0.25) is 4.98 Å². The molecule has 2 aromatic heterocycles. The highest BCUT2D eigenvalue weighted by Crippen LogP contribution is 2.25. The Balaban J connectivity index is 1.81. The molecule has 3 rings (SSSR count). The molecule has 0 aliphatic carbocycles. The van der Waals surface area contributed by atoms with Gasteiger partial charge in [-0.1, -0.05) is 17.7 Å². The summed E-state index contributed by atoms with van der Waals surface area (Å²) in [5.41, 5.74) is 2.11. The number of thiazole rings is 1. The lowest BCUT2D eigenvalue weighted by atomic mass is 10.1. The van der Waals surface area contributed by atoms with E-state index < -0.39 is 0 Å². The zero-order chi connectivity index (χ0) is 14.8. The van der Waals surface area contributed by atoms with E-state index in [4.69, 9.17) is 11.6 Å². The summed E-state index contributed by atoms with van der Waals surface area (Å²) >= 11 is 7.95. The van der Waals surface area contributed by atoms with Gasteiger partial charge in [-0.25, -0.2) is 4.98 Å². The van der Waals surface area contributed by atoms with Crippen molar-refractivity contribution in [1.29, 1.82) is 0 Å². The van der Waals surface area contributed by atoms with E-state index >= 15 is 0 Å². The summed E-state index contributed by atoms with van der Waals surface area (Å²) in [6.45, 7) is 4.94. The number of aromatic nitrogens is 2. The number of fused-ring (bicyclic) bond motifs is 1. The smallest absolute Gasteiger partial charge is 0.109 e. The van der Waals surface area contributed by atoms with Crippen molar-refractivity contribution >= 4 is 33.8 Å². The van der Waals surface area contributed by atoms with E-state index in [-0.39, 0.29) is 6.04 Å². The molecule has 0 bridgehead atoms. The average Bonchev–Trinajstić information content (AvgIpc) is 2.93. The molecule has 3 aromatic rings. The van der Waals surface area contributed by atoms with Crippen molar-refractivity contribution in [2.24, 2.45) is 0 Å². The Kier molecular flexibility index (Phi) is 4.19. The van der Waals surface area contributed by atoms with E-state index in [1.807, 2.05) is 30.5 Å². The Labute approximate surface area is 133 Å². The van der Waals surface area contributed by atoms with Gasteiger partial charge >= 0.3 is 0 Å². The van der Waals surface area contributed by atoms with Crippen LogP contribution >= 0.6 is 22.9 Å². The fourth-order valence-corrected chi connectivity index (χ4v) is 3.28. The highest BCUT2D eigenvalue weighted by molar-refractivity contribution is 7.11. The average molecular weight is 318 g/mol. The number of halogens is 1. The normalized spacial score (nSPS) is 12.7. The van der Waals surface area contributed by atoms with Gasteiger partial charge in [-0.15, -0.1) is 11.3 Å². The van der Waals surface area contributed by atoms with Crippen LogP contribution in [-0.4, -0.2) is 9.97 Å².